The standard InChI is InChI=1S/C12H18N4O2S2/c1-10(12(13)19)15-5-7-16(8-6-15)20(17,18)11-3-2-4-14-9-11/h2-4,9-10H,5-8H2,1H3,(H2,13,19). The summed E-state index contributed by atoms with van der Waals surface area (Å²) in [4.78, 5) is 6.63. The van der Waals surface area contributed by atoms with Gasteiger partial charge in [-0.25, -0.2) is 8.42 Å². The Morgan fingerprint density at radius 2 is 2.05 bits per heavy atom. The van der Waals surface area contributed by atoms with Gasteiger partial charge in [-0.3, -0.25) is 9.88 Å². The van der Waals surface area contributed by atoms with Crippen LogP contribution in [-0.4, -0.2) is 59.8 Å². The monoisotopic (exact) mass is 314 g/mol. The van der Waals surface area contributed by atoms with Crippen LogP contribution in [0.25, 0.3) is 0 Å². The fourth-order valence-corrected chi connectivity index (χ4v) is 3.70. The summed E-state index contributed by atoms with van der Waals surface area (Å²) in [6.45, 7) is 4.05. The fraction of sp³-hybridized carbons (Fsp3) is 0.500. The Hall–Kier alpha value is -1.09. The molecule has 8 heteroatoms. The summed E-state index contributed by atoms with van der Waals surface area (Å²) < 4.78 is 26.3. The third-order valence-corrected chi connectivity index (χ3v) is 5.73. The van der Waals surface area contributed by atoms with E-state index in [4.69, 9.17) is 18.0 Å². The van der Waals surface area contributed by atoms with Crippen LogP contribution in [0.4, 0.5) is 0 Å². The molecule has 2 rings (SSSR count). The molecule has 0 radical (unpaired) electrons. The van der Waals surface area contributed by atoms with Gasteiger partial charge in [0.25, 0.3) is 0 Å². The summed E-state index contributed by atoms with van der Waals surface area (Å²) in [5.74, 6) is 0. The molecule has 0 aromatic carbocycles. The Balaban J connectivity index is 2.06. The zero-order chi connectivity index (χ0) is 14.8. The molecule has 110 valence electrons. The molecule has 0 saturated carbocycles. The highest BCUT2D eigenvalue weighted by Crippen LogP contribution is 2.17. The SMILES string of the molecule is CC(C(N)=S)N1CCN(S(=O)(=O)c2cccnc2)CC1. The number of nitrogens with two attached hydrogens (primary N) is 1. The number of pyridine rings is 1. The van der Waals surface area contributed by atoms with E-state index in [-0.39, 0.29) is 10.9 Å². The molecule has 1 aromatic rings. The molecule has 0 amide bonds. The normalized spacial score (nSPS) is 19.6. The Labute approximate surface area is 124 Å². The molecule has 0 bridgehead atoms. The Morgan fingerprint density at radius 3 is 2.55 bits per heavy atom. The summed E-state index contributed by atoms with van der Waals surface area (Å²) in [6, 6.07) is 3.18. The fourth-order valence-electron chi connectivity index (χ4n) is 2.16. The molecule has 20 heavy (non-hydrogen) atoms. The van der Waals surface area contributed by atoms with Crippen molar-refractivity contribution in [3.63, 3.8) is 0 Å². The van der Waals surface area contributed by atoms with Crippen LogP contribution < -0.4 is 5.73 Å². The maximum absolute atomic E-state index is 12.4. The first-order valence-corrected chi connectivity index (χ1v) is 8.21. The van der Waals surface area contributed by atoms with Crippen LogP contribution in [0.5, 0.6) is 0 Å². The van der Waals surface area contributed by atoms with Crippen molar-refractivity contribution in [2.45, 2.75) is 17.9 Å². The number of sulfonamides is 1. The van der Waals surface area contributed by atoms with E-state index in [2.05, 4.69) is 9.88 Å². The van der Waals surface area contributed by atoms with Gasteiger partial charge in [0.1, 0.15) is 4.90 Å². The number of thiocarbonyl (C=S) groups is 1. The van der Waals surface area contributed by atoms with Gasteiger partial charge in [0.05, 0.1) is 11.0 Å². The van der Waals surface area contributed by atoms with Crippen LogP contribution in [0.15, 0.2) is 29.4 Å². The summed E-state index contributed by atoms with van der Waals surface area (Å²) in [5.41, 5.74) is 5.63. The van der Waals surface area contributed by atoms with E-state index < -0.39 is 10.0 Å². The van der Waals surface area contributed by atoms with Crippen molar-refractivity contribution in [1.82, 2.24) is 14.2 Å². The molecule has 2 N–H and O–H groups in total. The first-order valence-electron chi connectivity index (χ1n) is 6.36. The van der Waals surface area contributed by atoms with Gasteiger partial charge in [-0.05, 0) is 19.1 Å². The van der Waals surface area contributed by atoms with Crippen molar-refractivity contribution in [2.75, 3.05) is 26.2 Å². The molecule has 0 aliphatic carbocycles. The lowest BCUT2D eigenvalue weighted by atomic mass is 10.2. The molecule has 1 aromatic heterocycles. The number of aromatic nitrogens is 1. The van der Waals surface area contributed by atoms with Gasteiger partial charge in [0.15, 0.2) is 0 Å². The minimum Gasteiger partial charge on any atom is -0.392 e. The van der Waals surface area contributed by atoms with Crippen LogP contribution in [-0.2, 0) is 10.0 Å². The summed E-state index contributed by atoms with van der Waals surface area (Å²) >= 11 is 4.97. The van der Waals surface area contributed by atoms with E-state index >= 15 is 0 Å². The third kappa shape index (κ3) is 3.14. The predicted molar refractivity (Wildman–Crippen MR) is 80.8 cm³/mol. The Bertz CT molecular complexity index is 568. The third-order valence-electron chi connectivity index (χ3n) is 3.50. The van der Waals surface area contributed by atoms with Crippen molar-refractivity contribution in [3.05, 3.63) is 24.5 Å². The number of piperazine rings is 1. The van der Waals surface area contributed by atoms with Crippen LogP contribution in [0, 0.1) is 0 Å². The lowest BCUT2D eigenvalue weighted by Gasteiger charge is -2.36. The van der Waals surface area contributed by atoms with Crippen molar-refractivity contribution in [3.8, 4) is 0 Å². The molecule has 1 fully saturated rings. The minimum absolute atomic E-state index is 0.00625. The predicted octanol–water partition coefficient (Wildman–Crippen LogP) is 0.0625. The van der Waals surface area contributed by atoms with Crippen molar-refractivity contribution < 1.29 is 8.42 Å². The van der Waals surface area contributed by atoms with Gasteiger partial charge in [-0.2, -0.15) is 4.31 Å². The molecule has 1 aliphatic rings. The average molecular weight is 314 g/mol. The van der Waals surface area contributed by atoms with E-state index in [9.17, 15) is 8.42 Å². The van der Waals surface area contributed by atoms with E-state index in [1.807, 2.05) is 6.92 Å². The lowest BCUT2D eigenvalue weighted by Crippen LogP contribution is -2.53. The Morgan fingerprint density at radius 1 is 1.40 bits per heavy atom. The van der Waals surface area contributed by atoms with Gasteiger partial charge >= 0.3 is 0 Å². The summed E-state index contributed by atoms with van der Waals surface area (Å²) in [5, 5.41) is 0. The van der Waals surface area contributed by atoms with E-state index in [0.29, 0.717) is 31.2 Å². The van der Waals surface area contributed by atoms with Gasteiger partial charge in [-0.15, -0.1) is 0 Å². The number of hydrogen-bond donors (Lipinski definition) is 1. The van der Waals surface area contributed by atoms with E-state index in [0.717, 1.165) is 0 Å². The molecule has 1 unspecified atom stereocenters. The molecular weight excluding hydrogens is 296 g/mol. The zero-order valence-electron chi connectivity index (χ0n) is 11.3. The molecule has 0 spiro atoms. The van der Waals surface area contributed by atoms with Crippen LogP contribution >= 0.6 is 12.2 Å². The van der Waals surface area contributed by atoms with Crippen molar-refractivity contribution in [2.24, 2.45) is 5.73 Å². The van der Waals surface area contributed by atoms with Gasteiger partial charge in [-0.1, -0.05) is 12.2 Å². The highest BCUT2D eigenvalue weighted by atomic mass is 32.2. The second kappa shape index (κ2) is 6.13. The number of nitrogens with zero attached hydrogens (tertiary/aromatic N) is 3. The van der Waals surface area contributed by atoms with E-state index in [1.54, 1.807) is 18.3 Å². The molecule has 1 atom stereocenters. The zero-order valence-corrected chi connectivity index (χ0v) is 12.9. The second-order valence-electron chi connectivity index (χ2n) is 4.71. The lowest BCUT2D eigenvalue weighted by molar-refractivity contribution is 0.175. The van der Waals surface area contributed by atoms with Gasteiger partial charge in [0.2, 0.25) is 10.0 Å². The van der Waals surface area contributed by atoms with E-state index in [1.165, 1.54) is 10.5 Å². The van der Waals surface area contributed by atoms with Crippen molar-refractivity contribution in [1.29, 1.82) is 0 Å². The second-order valence-corrected chi connectivity index (χ2v) is 7.12. The topological polar surface area (TPSA) is 79.5 Å². The smallest absolute Gasteiger partial charge is 0.244 e. The van der Waals surface area contributed by atoms with Crippen molar-refractivity contribution >= 4 is 27.2 Å². The van der Waals surface area contributed by atoms with Gasteiger partial charge < -0.3 is 5.73 Å². The molecule has 2 heterocycles. The number of hydrogen-bond acceptors (Lipinski definition) is 5. The summed E-state index contributed by atoms with van der Waals surface area (Å²) in [7, 11) is -3.45. The molecule has 6 nitrogen and oxygen atoms in total. The van der Waals surface area contributed by atoms with Gasteiger partial charge in [0, 0.05) is 38.6 Å². The first-order chi connectivity index (χ1) is 9.43. The summed E-state index contributed by atoms with van der Waals surface area (Å²) in [6.07, 6.45) is 2.93. The first kappa shape index (κ1) is 15.3. The van der Waals surface area contributed by atoms with Crippen LogP contribution in [0.3, 0.4) is 0 Å². The number of rotatable bonds is 4. The average Bonchev–Trinajstić information content (AvgIpc) is 2.47. The van der Waals surface area contributed by atoms with Crippen LogP contribution in [0.2, 0.25) is 0 Å². The minimum atomic E-state index is -3.45. The maximum atomic E-state index is 12.4. The maximum Gasteiger partial charge on any atom is 0.244 e. The molecule has 1 aliphatic heterocycles. The largest absolute Gasteiger partial charge is 0.392 e. The van der Waals surface area contributed by atoms with Crippen LogP contribution in [0.1, 0.15) is 6.92 Å². The highest BCUT2D eigenvalue weighted by Gasteiger charge is 2.30. The molecular formula is C12H18N4O2S2. The quantitative estimate of drug-likeness (QED) is 0.792. The highest BCUT2D eigenvalue weighted by molar-refractivity contribution is 7.89. The molecule has 1 saturated heterocycles. The Kier molecular flexibility index (Phi) is 4.69.